The van der Waals surface area contributed by atoms with E-state index in [0.717, 1.165) is 60.7 Å². The van der Waals surface area contributed by atoms with Gasteiger partial charge < -0.3 is 0 Å². The van der Waals surface area contributed by atoms with E-state index in [1.807, 2.05) is 0 Å². The molecule has 1 N–H and O–H groups in total. The zero-order valence-corrected chi connectivity index (χ0v) is 33.7. The van der Waals surface area contributed by atoms with Crippen LogP contribution >= 0.6 is 23.2 Å². The molecule has 348 valence electrons. The van der Waals surface area contributed by atoms with Crippen LogP contribution in [0.5, 0.6) is 0 Å². The summed E-state index contributed by atoms with van der Waals surface area (Å²) >= 11 is -0.0541. The summed E-state index contributed by atoms with van der Waals surface area (Å²) in [5.41, 5.74) is -24.5. The van der Waals surface area contributed by atoms with Crippen LogP contribution < -0.4 is 8.70 Å². The van der Waals surface area contributed by atoms with Crippen LogP contribution in [0.2, 0.25) is 5.21 Å². The first-order valence-electron chi connectivity index (χ1n) is 16.9. The molecule has 4 aromatic rings. The second-order valence-corrected chi connectivity index (χ2v) is 22.8. The van der Waals surface area contributed by atoms with E-state index in [4.69, 9.17) is 30.7 Å². The Morgan fingerprint density at radius 1 is 0.413 bits per heavy atom. The Labute approximate surface area is 351 Å². The fraction of sp³-hybridized carbons (Fsp3) is 0.351. The number of benzene rings is 4. The Kier molecular flexibility index (Phi) is 12.2. The van der Waals surface area contributed by atoms with Crippen molar-refractivity contribution in [3.63, 3.8) is 0 Å². The molecule has 26 heteroatoms. The molecule has 63 heavy (non-hydrogen) atoms. The molecule has 0 bridgehead atoms. The number of hydrogen-bond donors (Lipinski definition) is 1. The van der Waals surface area contributed by atoms with Crippen LogP contribution in [-0.4, -0.2) is 72.0 Å². The van der Waals surface area contributed by atoms with Crippen LogP contribution in [0.15, 0.2) is 109 Å². The van der Waals surface area contributed by atoms with Gasteiger partial charge in [-0.25, -0.2) is 0 Å². The van der Waals surface area contributed by atoms with Crippen molar-refractivity contribution in [1.82, 2.24) is 0 Å². The molecule has 0 aromatic heterocycles. The van der Waals surface area contributed by atoms with E-state index in [1.54, 1.807) is 0 Å². The zero-order chi connectivity index (χ0) is 48.0. The third kappa shape index (κ3) is 6.66. The molecular formula is C37H23AsCl2F20O3. The van der Waals surface area contributed by atoms with E-state index < -0.39 is 127 Å². The SMILES string of the molecule is ClCCl.OC(C[As]12(OC(C(F)(F)C(F)(F)F)(C(F)(F)C(F)(F)F)c3ccccc31)OC(C(F)(F)C(F)(F)F)(C(F)(F)C(F)(F)F)c1ccccc12)(c1ccccc1)c1ccccc1. The molecule has 0 amide bonds. The molecule has 3 nitrogen and oxygen atoms in total. The zero-order valence-electron chi connectivity index (χ0n) is 30.3. The van der Waals surface area contributed by atoms with Gasteiger partial charge in [0.05, 0.1) is 5.34 Å². The molecular weight excluding hydrogens is 1020 g/mol. The van der Waals surface area contributed by atoms with Crippen molar-refractivity contribution in [3.8, 4) is 0 Å². The van der Waals surface area contributed by atoms with Gasteiger partial charge >= 0.3 is 324 Å². The number of rotatable bonds is 8. The maximum atomic E-state index is 16.3. The van der Waals surface area contributed by atoms with Crippen LogP contribution in [0.3, 0.4) is 0 Å². The van der Waals surface area contributed by atoms with Crippen molar-refractivity contribution in [2.75, 3.05) is 5.34 Å². The standard InChI is InChI=1S/C36H21AsF20O3.CH2Cl2/c38-29(39,33(46,47)48)27(30(40,41)34(49,50)51)22-15-7-9-17-24(22)37(59-27,19-26(58,20-11-3-1-4-12-20)21-13-5-2-6-14-21)25-18-10-8-16-23(25)28(60-37,31(42,43)35(52,53)54)32(44,45)36(55,56)57;2-1-3/h1-18,58H,19H2;1H2. The molecule has 1 spiro atoms. The van der Waals surface area contributed by atoms with Gasteiger partial charge in [0.25, 0.3) is 0 Å². The molecule has 6 rings (SSSR count). The van der Waals surface area contributed by atoms with Gasteiger partial charge in [0, 0.05) is 0 Å². The van der Waals surface area contributed by atoms with E-state index in [1.165, 1.54) is 0 Å². The van der Waals surface area contributed by atoms with Crippen LogP contribution in [0, 0.1) is 0 Å². The number of fused-ring (bicyclic) bond motifs is 4. The monoisotopic (exact) mass is 1040 g/mol. The first-order chi connectivity index (χ1) is 28.5. The van der Waals surface area contributed by atoms with Crippen molar-refractivity contribution in [2.24, 2.45) is 0 Å². The number of alkyl halides is 22. The van der Waals surface area contributed by atoms with Crippen molar-refractivity contribution in [2.45, 2.75) is 70.4 Å². The minimum atomic E-state index is -9.58. The van der Waals surface area contributed by atoms with E-state index in [9.17, 15) is 57.8 Å². The van der Waals surface area contributed by atoms with Crippen LogP contribution in [0.25, 0.3) is 0 Å². The topological polar surface area (TPSA) is 38.7 Å². The Hall–Kier alpha value is -3.50. The normalized spacial score (nSPS) is 19.3. The van der Waals surface area contributed by atoms with Gasteiger partial charge in [0.2, 0.25) is 0 Å². The van der Waals surface area contributed by atoms with Gasteiger partial charge in [-0.05, 0) is 0 Å². The van der Waals surface area contributed by atoms with E-state index in [2.05, 4.69) is 0 Å². The van der Waals surface area contributed by atoms with Crippen molar-refractivity contribution >= 4 is 45.0 Å². The molecule has 2 aliphatic heterocycles. The number of halogens is 22. The van der Waals surface area contributed by atoms with Crippen molar-refractivity contribution < 1.29 is 100 Å². The molecule has 0 fully saturated rings. The Bertz CT molecular complexity index is 2090. The summed E-state index contributed by atoms with van der Waals surface area (Å²) in [6, 6.07) is 9.31. The summed E-state index contributed by atoms with van der Waals surface area (Å²) in [5, 5.41) is 10.4. The third-order valence-electron chi connectivity index (χ3n) is 10.4. The van der Waals surface area contributed by atoms with Gasteiger partial charge in [-0.15, -0.1) is 23.2 Å². The van der Waals surface area contributed by atoms with E-state index in [-0.39, 0.29) is 29.6 Å². The number of aliphatic hydroxyl groups is 1. The third-order valence-corrected chi connectivity index (χ3v) is 21.1. The van der Waals surface area contributed by atoms with Gasteiger partial charge in [-0.2, -0.15) is 0 Å². The second-order valence-electron chi connectivity index (χ2n) is 13.8. The number of hydrogen-bond acceptors (Lipinski definition) is 3. The molecule has 0 aliphatic carbocycles. The van der Waals surface area contributed by atoms with Gasteiger partial charge in [-0.1, -0.05) is 0 Å². The van der Waals surface area contributed by atoms with Crippen LogP contribution in [-0.2, 0) is 24.3 Å². The van der Waals surface area contributed by atoms with Crippen molar-refractivity contribution in [3.05, 3.63) is 131 Å². The average molecular weight is 1040 g/mol. The minimum absolute atomic E-state index is 0.0949. The van der Waals surface area contributed by atoms with Gasteiger partial charge in [0.15, 0.2) is 0 Å². The molecule has 0 unspecified atom stereocenters. The summed E-state index contributed by atoms with van der Waals surface area (Å²) in [5.74, 6) is -31.0. The molecule has 0 saturated heterocycles. The first kappa shape index (κ1) is 50.5. The fourth-order valence-corrected chi connectivity index (χ4v) is 21.3. The predicted octanol–water partition coefficient (Wildman–Crippen LogP) is 11.8. The Morgan fingerprint density at radius 2 is 0.651 bits per heavy atom. The molecule has 2 aliphatic rings. The summed E-state index contributed by atoms with van der Waals surface area (Å²) in [6.07, 6.45) is -30.8. The van der Waals surface area contributed by atoms with Gasteiger partial charge in [0.1, 0.15) is 0 Å². The summed E-state index contributed by atoms with van der Waals surface area (Å²) in [6.45, 7) is 0. The molecule has 2 heterocycles. The molecule has 0 atom stereocenters. The Morgan fingerprint density at radius 3 is 0.905 bits per heavy atom. The van der Waals surface area contributed by atoms with Crippen LogP contribution in [0.1, 0.15) is 22.3 Å². The second kappa shape index (κ2) is 15.3. The average Bonchev–Trinajstić information content (AvgIpc) is 3.61. The Balaban J connectivity index is 0.00000242. The quantitative estimate of drug-likeness (QED) is 0.109. The summed E-state index contributed by atoms with van der Waals surface area (Å²) in [7, 11) is 0. The van der Waals surface area contributed by atoms with Crippen molar-refractivity contribution in [1.29, 1.82) is 0 Å². The molecule has 0 saturated carbocycles. The summed E-state index contributed by atoms with van der Waals surface area (Å²) < 4.78 is 311. The van der Waals surface area contributed by atoms with E-state index in [0.29, 0.717) is 12.1 Å². The first-order valence-corrected chi connectivity index (χ1v) is 22.7. The van der Waals surface area contributed by atoms with Crippen LogP contribution in [0.4, 0.5) is 87.8 Å². The summed E-state index contributed by atoms with van der Waals surface area (Å²) in [4.78, 5) is 0. The van der Waals surface area contributed by atoms with E-state index >= 15 is 35.1 Å². The maximum absolute atomic E-state index is 16.3. The predicted molar refractivity (Wildman–Crippen MR) is 185 cm³/mol. The molecule has 4 aromatic carbocycles. The van der Waals surface area contributed by atoms with Gasteiger partial charge in [-0.3, -0.25) is 0 Å². The fourth-order valence-electron chi connectivity index (χ4n) is 7.88. The molecule has 0 radical (unpaired) electrons.